The fraction of sp³-hybridized carbons (Fsp3) is 0.524. The van der Waals surface area contributed by atoms with Gasteiger partial charge in [-0.15, -0.1) is 0 Å². The van der Waals surface area contributed by atoms with Crippen molar-refractivity contribution < 1.29 is 9.84 Å². The molecule has 0 aromatic carbocycles. The van der Waals surface area contributed by atoms with E-state index in [0.29, 0.717) is 13.1 Å². The Balaban J connectivity index is 1.40. The molecule has 0 radical (unpaired) electrons. The summed E-state index contributed by atoms with van der Waals surface area (Å²) < 4.78 is 8.16. The Morgan fingerprint density at radius 2 is 2.00 bits per heavy atom. The average Bonchev–Trinajstić information content (AvgIpc) is 3.24. The molecular weight excluding hydrogens is 396 g/mol. The summed E-state index contributed by atoms with van der Waals surface area (Å²) in [7, 11) is 2.14. The quantitative estimate of drug-likeness (QED) is 0.623. The molecule has 3 aromatic heterocycles. The number of rotatable bonds is 5. The summed E-state index contributed by atoms with van der Waals surface area (Å²) in [4.78, 5) is 24.8. The molecule has 0 bridgehead atoms. The Bertz CT molecular complexity index is 1010. The van der Waals surface area contributed by atoms with E-state index in [1.807, 2.05) is 16.8 Å². The van der Waals surface area contributed by atoms with Crippen molar-refractivity contribution >= 4 is 17.0 Å². The lowest BCUT2D eigenvalue weighted by atomic mass is 10.2. The number of anilines is 1. The molecular formula is C21H28N8O2. The van der Waals surface area contributed by atoms with Crippen LogP contribution in [-0.4, -0.2) is 98.4 Å². The fourth-order valence-corrected chi connectivity index (χ4v) is 4.32. The molecule has 2 fully saturated rings. The van der Waals surface area contributed by atoms with E-state index < -0.39 is 0 Å². The van der Waals surface area contributed by atoms with Crippen LogP contribution >= 0.6 is 0 Å². The zero-order valence-electron chi connectivity index (χ0n) is 17.7. The molecule has 1 N–H and O–H groups in total. The maximum atomic E-state index is 9.81. The molecule has 31 heavy (non-hydrogen) atoms. The van der Waals surface area contributed by atoms with Crippen LogP contribution in [0.5, 0.6) is 0 Å². The van der Waals surface area contributed by atoms with E-state index in [1.54, 1.807) is 18.9 Å². The van der Waals surface area contributed by atoms with Gasteiger partial charge in [0, 0.05) is 58.2 Å². The van der Waals surface area contributed by atoms with E-state index in [0.717, 1.165) is 55.3 Å². The predicted octanol–water partition coefficient (Wildman–Crippen LogP) is 0.365. The number of ether oxygens (including phenoxy) is 1. The molecule has 3 aromatic rings. The first-order valence-electron chi connectivity index (χ1n) is 10.7. The number of hydrogen-bond donors (Lipinski definition) is 1. The second-order valence-corrected chi connectivity index (χ2v) is 8.26. The van der Waals surface area contributed by atoms with E-state index in [-0.39, 0.29) is 18.9 Å². The summed E-state index contributed by atoms with van der Waals surface area (Å²) in [6, 6.07) is 4.00. The third-order valence-electron chi connectivity index (χ3n) is 6.01. The molecule has 2 saturated heterocycles. The molecule has 10 heteroatoms. The first-order valence-corrected chi connectivity index (χ1v) is 10.7. The lowest BCUT2D eigenvalue weighted by Gasteiger charge is -2.38. The summed E-state index contributed by atoms with van der Waals surface area (Å²) in [5.74, 6) is 0.874. The number of aliphatic hydroxyl groups excluding tert-OH is 1. The Morgan fingerprint density at radius 3 is 2.77 bits per heavy atom. The second-order valence-electron chi connectivity index (χ2n) is 8.26. The monoisotopic (exact) mass is 424 g/mol. The molecule has 2 aliphatic rings. The molecule has 0 saturated carbocycles. The number of morpholine rings is 1. The highest BCUT2D eigenvalue weighted by molar-refractivity contribution is 5.83. The topological polar surface area (TPSA) is 95.7 Å². The largest absolute Gasteiger partial charge is 0.394 e. The molecule has 164 valence electrons. The predicted molar refractivity (Wildman–Crippen MR) is 116 cm³/mol. The third-order valence-corrected chi connectivity index (χ3v) is 6.01. The van der Waals surface area contributed by atoms with Gasteiger partial charge < -0.3 is 19.6 Å². The van der Waals surface area contributed by atoms with Gasteiger partial charge in [-0.2, -0.15) is 0 Å². The Labute approximate surface area is 181 Å². The van der Waals surface area contributed by atoms with Crippen LogP contribution < -0.4 is 4.90 Å². The van der Waals surface area contributed by atoms with E-state index in [9.17, 15) is 5.11 Å². The van der Waals surface area contributed by atoms with Crippen LogP contribution in [0.25, 0.3) is 11.2 Å². The Hall–Kier alpha value is -2.66. The minimum atomic E-state index is -0.289. The first-order chi connectivity index (χ1) is 15.2. The maximum Gasteiger partial charge on any atom is 0.167 e. The summed E-state index contributed by atoms with van der Waals surface area (Å²) in [6.45, 7) is 5.88. The number of pyridine rings is 1. The van der Waals surface area contributed by atoms with Gasteiger partial charge in [0.05, 0.1) is 19.0 Å². The van der Waals surface area contributed by atoms with Crippen molar-refractivity contribution in [1.82, 2.24) is 34.3 Å². The lowest BCUT2D eigenvalue weighted by molar-refractivity contribution is -0.135. The second kappa shape index (κ2) is 8.83. The van der Waals surface area contributed by atoms with Crippen molar-refractivity contribution in [3.63, 3.8) is 0 Å². The van der Waals surface area contributed by atoms with Gasteiger partial charge in [0.1, 0.15) is 12.6 Å². The molecule has 2 aliphatic heterocycles. The molecule has 0 unspecified atom stereocenters. The molecule has 0 aliphatic carbocycles. The smallest absolute Gasteiger partial charge is 0.167 e. The SMILES string of the molecule is CN1CCN(c2ncnc3c2ncn3[C@H]2CN(Cc3cccnc3)C[C@@H](CO)O2)CC1. The zero-order chi connectivity index (χ0) is 21.2. The Kier molecular flexibility index (Phi) is 5.77. The van der Waals surface area contributed by atoms with Gasteiger partial charge in [-0.25, -0.2) is 15.0 Å². The van der Waals surface area contributed by atoms with Crippen LogP contribution in [-0.2, 0) is 11.3 Å². The van der Waals surface area contributed by atoms with Crippen molar-refractivity contribution in [2.75, 3.05) is 57.8 Å². The van der Waals surface area contributed by atoms with Crippen LogP contribution in [0.4, 0.5) is 5.82 Å². The van der Waals surface area contributed by atoms with Crippen molar-refractivity contribution in [2.24, 2.45) is 0 Å². The number of imidazole rings is 1. The number of aromatic nitrogens is 5. The average molecular weight is 425 g/mol. The van der Waals surface area contributed by atoms with Crippen molar-refractivity contribution in [3.8, 4) is 0 Å². The van der Waals surface area contributed by atoms with Gasteiger partial charge in [0.2, 0.25) is 0 Å². The standard InChI is InChI=1S/C21H28N8O2/c1-26-5-7-28(8-6-26)20-19-21(24-14-23-20)29(15-25-19)18-12-27(11-17(13-30)31-18)10-16-3-2-4-22-9-16/h2-4,9,14-15,17-18,30H,5-8,10-13H2,1H3/t17-,18+/m0/s1. The van der Waals surface area contributed by atoms with Crippen molar-refractivity contribution in [2.45, 2.75) is 18.9 Å². The lowest BCUT2D eigenvalue weighted by Crippen LogP contribution is -2.46. The van der Waals surface area contributed by atoms with Crippen LogP contribution in [0, 0.1) is 0 Å². The molecule has 10 nitrogen and oxygen atoms in total. The number of piperazine rings is 1. The minimum absolute atomic E-state index is 0.0335. The van der Waals surface area contributed by atoms with Gasteiger partial charge >= 0.3 is 0 Å². The van der Waals surface area contributed by atoms with E-state index >= 15 is 0 Å². The normalized spacial score (nSPS) is 23.5. The van der Waals surface area contributed by atoms with Gasteiger partial charge in [-0.05, 0) is 18.7 Å². The van der Waals surface area contributed by atoms with Gasteiger partial charge in [0.25, 0.3) is 0 Å². The minimum Gasteiger partial charge on any atom is -0.394 e. The van der Waals surface area contributed by atoms with Crippen LogP contribution in [0.1, 0.15) is 11.8 Å². The molecule has 0 spiro atoms. The number of aliphatic hydroxyl groups is 1. The van der Waals surface area contributed by atoms with Crippen LogP contribution in [0.3, 0.4) is 0 Å². The van der Waals surface area contributed by atoms with Crippen LogP contribution in [0.15, 0.2) is 37.2 Å². The van der Waals surface area contributed by atoms with E-state index in [4.69, 9.17) is 4.74 Å². The highest BCUT2D eigenvalue weighted by Crippen LogP contribution is 2.28. The summed E-state index contributed by atoms with van der Waals surface area (Å²) in [5, 5.41) is 9.81. The maximum absolute atomic E-state index is 9.81. The highest BCUT2D eigenvalue weighted by atomic mass is 16.5. The van der Waals surface area contributed by atoms with Crippen LogP contribution in [0.2, 0.25) is 0 Å². The molecule has 5 heterocycles. The molecule has 2 atom stereocenters. The van der Waals surface area contributed by atoms with E-state index in [2.05, 4.69) is 47.7 Å². The van der Waals surface area contributed by atoms with Crippen molar-refractivity contribution in [1.29, 1.82) is 0 Å². The number of hydrogen-bond acceptors (Lipinski definition) is 9. The number of nitrogens with zero attached hydrogens (tertiary/aromatic N) is 8. The van der Waals surface area contributed by atoms with Crippen molar-refractivity contribution in [3.05, 3.63) is 42.7 Å². The zero-order valence-corrected chi connectivity index (χ0v) is 17.7. The number of likely N-dealkylation sites (N-methyl/N-ethyl adjacent to an activating group) is 1. The highest BCUT2D eigenvalue weighted by Gasteiger charge is 2.30. The molecule has 5 rings (SSSR count). The third kappa shape index (κ3) is 4.24. The van der Waals surface area contributed by atoms with Gasteiger partial charge in [-0.3, -0.25) is 14.5 Å². The summed E-state index contributed by atoms with van der Waals surface area (Å²) in [5.41, 5.74) is 2.68. The van der Waals surface area contributed by atoms with Gasteiger partial charge in [0.15, 0.2) is 17.0 Å². The van der Waals surface area contributed by atoms with E-state index in [1.165, 1.54) is 0 Å². The first kappa shape index (κ1) is 20.3. The summed E-state index contributed by atoms with van der Waals surface area (Å²) in [6.07, 6.45) is 6.48. The van der Waals surface area contributed by atoms with Gasteiger partial charge in [-0.1, -0.05) is 6.07 Å². The molecule has 0 amide bonds. The Morgan fingerprint density at radius 1 is 1.13 bits per heavy atom. The number of fused-ring (bicyclic) bond motifs is 1. The summed E-state index contributed by atoms with van der Waals surface area (Å²) >= 11 is 0. The fourth-order valence-electron chi connectivity index (χ4n) is 4.32.